The molecule has 0 aromatic rings. The van der Waals surface area contributed by atoms with Crippen molar-refractivity contribution in [2.75, 3.05) is 13.7 Å². The number of methoxy groups -OCH3 is 1. The van der Waals surface area contributed by atoms with Crippen LogP contribution in [0.1, 0.15) is 51.4 Å². The fourth-order valence-corrected chi connectivity index (χ4v) is 2.88. The number of hydrogen-bond donors (Lipinski definition) is 0. The monoisotopic (exact) mass is 253 g/mol. The second kappa shape index (κ2) is 6.21. The van der Waals surface area contributed by atoms with Gasteiger partial charge < -0.3 is 9.64 Å². The lowest BCUT2D eigenvalue weighted by Gasteiger charge is -2.37. The third-order valence-electron chi connectivity index (χ3n) is 4.27. The average molecular weight is 253 g/mol. The molecule has 0 aromatic heterocycles. The lowest BCUT2D eigenvalue weighted by molar-refractivity contribution is -0.145. The Hall–Kier alpha value is -1.06. The predicted octanol–water partition coefficient (Wildman–Crippen LogP) is 2.12. The summed E-state index contributed by atoms with van der Waals surface area (Å²) < 4.78 is 4.72. The van der Waals surface area contributed by atoms with Crippen molar-refractivity contribution < 1.29 is 14.3 Å². The topological polar surface area (TPSA) is 46.6 Å². The largest absolute Gasteiger partial charge is 0.469 e. The molecule has 1 saturated heterocycles. The van der Waals surface area contributed by atoms with Crippen LogP contribution < -0.4 is 0 Å². The number of carbonyl (C=O) groups is 2. The van der Waals surface area contributed by atoms with E-state index in [1.54, 1.807) is 0 Å². The summed E-state index contributed by atoms with van der Waals surface area (Å²) in [5.41, 5.74) is 0. The van der Waals surface area contributed by atoms with Gasteiger partial charge in [-0.25, -0.2) is 0 Å². The van der Waals surface area contributed by atoms with E-state index in [0.29, 0.717) is 18.8 Å². The van der Waals surface area contributed by atoms with Crippen LogP contribution in [-0.2, 0) is 14.3 Å². The normalized spacial score (nSPS) is 24.5. The Labute approximate surface area is 109 Å². The number of rotatable bonds is 4. The number of likely N-dealkylation sites (tertiary alicyclic amines) is 1. The van der Waals surface area contributed by atoms with Crippen LogP contribution in [0, 0.1) is 5.92 Å². The highest BCUT2D eigenvalue weighted by Gasteiger charge is 2.31. The Kier molecular flexibility index (Phi) is 4.61. The van der Waals surface area contributed by atoms with E-state index in [0.717, 1.165) is 25.8 Å². The van der Waals surface area contributed by atoms with Crippen LogP contribution in [0.5, 0.6) is 0 Å². The number of amides is 1. The molecular weight excluding hydrogens is 230 g/mol. The van der Waals surface area contributed by atoms with Crippen molar-refractivity contribution in [3.63, 3.8) is 0 Å². The maximum Gasteiger partial charge on any atom is 0.307 e. The first-order valence-corrected chi connectivity index (χ1v) is 7.07. The molecular formula is C14H23NO3. The minimum Gasteiger partial charge on any atom is -0.469 e. The number of carbonyl (C=O) groups excluding carboxylic acids is 2. The molecule has 2 fully saturated rings. The minimum atomic E-state index is -0.205. The summed E-state index contributed by atoms with van der Waals surface area (Å²) >= 11 is 0. The van der Waals surface area contributed by atoms with E-state index in [9.17, 15) is 9.59 Å². The number of ether oxygens (including phenoxy) is 1. The van der Waals surface area contributed by atoms with Crippen LogP contribution in [0.15, 0.2) is 0 Å². The van der Waals surface area contributed by atoms with Gasteiger partial charge in [0.25, 0.3) is 0 Å². The lowest BCUT2D eigenvalue weighted by Crippen LogP contribution is -2.45. The number of nitrogens with zero attached hydrogens (tertiary/aromatic N) is 1. The van der Waals surface area contributed by atoms with E-state index >= 15 is 0 Å². The highest BCUT2D eigenvalue weighted by Crippen LogP contribution is 2.31. The van der Waals surface area contributed by atoms with Gasteiger partial charge in [-0.05, 0) is 38.0 Å². The molecule has 1 aliphatic carbocycles. The Morgan fingerprint density at radius 1 is 1.11 bits per heavy atom. The number of esters is 1. The number of hydrogen-bond acceptors (Lipinski definition) is 3. The van der Waals surface area contributed by atoms with Gasteiger partial charge in [-0.15, -0.1) is 0 Å². The summed E-state index contributed by atoms with van der Waals surface area (Å²) in [5.74, 6) is 0.634. The smallest absolute Gasteiger partial charge is 0.307 e. The first kappa shape index (κ1) is 13.4. The Balaban J connectivity index is 1.89. The Bertz CT molecular complexity index is 312. The molecule has 1 heterocycles. The molecule has 1 amide bonds. The van der Waals surface area contributed by atoms with Crippen LogP contribution in [0.4, 0.5) is 0 Å². The Morgan fingerprint density at radius 3 is 2.50 bits per heavy atom. The van der Waals surface area contributed by atoms with Crippen molar-refractivity contribution in [1.82, 2.24) is 4.90 Å². The van der Waals surface area contributed by atoms with Gasteiger partial charge in [0.1, 0.15) is 0 Å². The zero-order valence-electron chi connectivity index (χ0n) is 11.2. The fraction of sp³-hybridized carbons (Fsp3) is 0.857. The molecule has 102 valence electrons. The molecule has 0 radical (unpaired) electrons. The fourth-order valence-electron chi connectivity index (χ4n) is 2.88. The van der Waals surface area contributed by atoms with Crippen LogP contribution in [0.3, 0.4) is 0 Å². The van der Waals surface area contributed by atoms with Gasteiger partial charge in [-0.2, -0.15) is 0 Å². The lowest BCUT2D eigenvalue weighted by atomic mass is 9.82. The van der Waals surface area contributed by atoms with Crippen LogP contribution >= 0.6 is 0 Å². The highest BCUT2D eigenvalue weighted by atomic mass is 16.5. The van der Waals surface area contributed by atoms with Crippen LogP contribution in [-0.4, -0.2) is 36.5 Å². The molecule has 1 atom stereocenters. The second-order valence-corrected chi connectivity index (χ2v) is 5.52. The molecule has 0 aromatic carbocycles. The zero-order valence-corrected chi connectivity index (χ0v) is 11.2. The van der Waals surface area contributed by atoms with E-state index in [1.807, 2.05) is 4.90 Å². The van der Waals surface area contributed by atoms with Crippen molar-refractivity contribution in [1.29, 1.82) is 0 Å². The van der Waals surface area contributed by atoms with Gasteiger partial charge in [0.2, 0.25) is 5.91 Å². The summed E-state index contributed by atoms with van der Waals surface area (Å²) in [6.07, 6.45) is 7.80. The van der Waals surface area contributed by atoms with Gasteiger partial charge in [0, 0.05) is 19.0 Å². The molecule has 18 heavy (non-hydrogen) atoms. The summed E-state index contributed by atoms with van der Waals surface area (Å²) in [6, 6.07) is 0.0683. The SMILES string of the molecule is COC(=O)CC1CCCCN1C(=O)CC1CCC1. The summed E-state index contributed by atoms with van der Waals surface area (Å²) in [6.45, 7) is 0.813. The van der Waals surface area contributed by atoms with E-state index < -0.39 is 0 Å². The molecule has 0 N–H and O–H groups in total. The summed E-state index contributed by atoms with van der Waals surface area (Å²) in [5, 5.41) is 0. The summed E-state index contributed by atoms with van der Waals surface area (Å²) in [7, 11) is 1.41. The molecule has 1 unspecified atom stereocenters. The Morgan fingerprint density at radius 2 is 1.89 bits per heavy atom. The predicted molar refractivity (Wildman–Crippen MR) is 67.9 cm³/mol. The first-order chi connectivity index (χ1) is 8.70. The van der Waals surface area contributed by atoms with Crippen LogP contribution in [0.25, 0.3) is 0 Å². The molecule has 2 aliphatic rings. The first-order valence-electron chi connectivity index (χ1n) is 7.07. The number of piperidine rings is 1. The van der Waals surface area contributed by atoms with Crippen molar-refractivity contribution in [3.05, 3.63) is 0 Å². The van der Waals surface area contributed by atoms with Gasteiger partial charge in [0.05, 0.1) is 13.5 Å². The van der Waals surface area contributed by atoms with Crippen molar-refractivity contribution in [2.45, 2.75) is 57.4 Å². The van der Waals surface area contributed by atoms with Gasteiger partial charge in [-0.1, -0.05) is 6.42 Å². The van der Waals surface area contributed by atoms with E-state index in [4.69, 9.17) is 4.74 Å². The molecule has 1 aliphatic heterocycles. The third-order valence-corrected chi connectivity index (χ3v) is 4.27. The quantitative estimate of drug-likeness (QED) is 0.721. The molecule has 0 spiro atoms. The minimum absolute atomic E-state index is 0.0683. The molecule has 0 bridgehead atoms. The van der Waals surface area contributed by atoms with Crippen molar-refractivity contribution in [2.24, 2.45) is 5.92 Å². The summed E-state index contributed by atoms with van der Waals surface area (Å²) in [4.78, 5) is 25.6. The van der Waals surface area contributed by atoms with Crippen molar-refractivity contribution >= 4 is 11.9 Å². The standard InChI is InChI=1S/C14H23NO3/c1-18-14(17)10-12-7-2-3-8-15(12)13(16)9-11-5-4-6-11/h11-12H,2-10H2,1H3. The zero-order chi connectivity index (χ0) is 13.0. The van der Waals surface area contributed by atoms with Gasteiger partial charge in [0.15, 0.2) is 0 Å². The second-order valence-electron chi connectivity index (χ2n) is 5.52. The van der Waals surface area contributed by atoms with Gasteiger partial charge in [-0.3, -0.25) is 9.59 Å². The molecule has 4 nitrogen and oxygen atoms in total. The molecule has 4 heteroatoms. The molecule has 2 rings (SSSR count). The van der Waals surface area contributed by atoms with Crippen molar-refractivity contribution in [3.8, 4) is 0 Å². The maximum atomic E-state index is 12.3. The van der Waals surface area contributed by atoms with Gasteiger partial charge >= 0.3 is 5.97 Å². The third kappa shape index (κ3) is 3.24. The van der Waals surface area contributed by atoms with E-state index in [-0.39, 0.29) is 17.9 Å². The van der Waals surface area contributed by atoms with E-state index in [1.165, 1.54) is 26.4 Å². The maximum absolute atomic E-state index is 12.3. The average Bonchev–Trinajstić information content (AvgIpc) is 2.34. The highest BCUT2D eigenvalue weighted by molar-refractivity contribution is 5.78. The molecule has 1 saturated carbocycles. The van der Waals surface area contributed by atoms with Crippen LogP contribution in [0.2, 0.25) is 0 Å². The van der Waals surface area contributed by atoms with E-state index in [2.05, 4.69) is 0 Å².